The van der Waals surface area contributed by atoms with Crippen LogP contribution < -0.4 is 15.2 Å². The normalized spacial score (nSPS) is 12.2. The monoisotopic (exact) mass is 275 g/mol. The average molecular weight is 275 g/mol. The van der Waals surface area contributed by atoms with Crippen LogP contribution in [0.25, 0.3) is 0 Å². The lowest BCUT2D eigenvalue weighted by atomic mass is 10.1. The molecule has 0 saturated carbocycles. The van der Waals surface area contributed by atoms with Crippen molar-refractivity contribution in [2.45, 2.75) is 26.0 Å². The van der Waals surface area contributed by atoms with E-state index >= 15 is 0 Å². The van der Waals surface area contributed by atoms with Gasteiger partial charge in [-0.05, 0) is 31.0 Å². The summed E-state index contributed by atoms with van der Waals surface area (Å²) < 4.78 is 12.9. The van der Waals surface area contributed by atoms with E-state index < -0.39 is 0 Å². The highest BCUT2D eigenvalue weighted by atomic mass is 16.5. The molecule has 0 aliphatic heterocycles. The molecule has 20 heavy (non-hydrogen) atoms. The summed E-state index contributed by atoms with van der Waals surface area (Å²) in [5.41, 5.74) is 7.99. The van der Waals surface area contributed by atoms with Gasteiger partial charge in [-0.25, -0.2) is 0 Å². The van der Waals surface area contributed by atoms with E-state index in [4.69, 9.17) is 15.2 Å². The molecule has 1 atom stereocenters. The number of ether oxygens (including phenoxy) is 2. The van der Waals surface area contributed by atoms with Gasteiger partial charge in [0.05, 0.1) is 13.3 Å². The van der Waals surface area contributed by atoms with Gasteiger partial charge < -0.3 is 15.2 Å². The van der Waals surface area contributed by atoms with Gasteiger partial charge in [-0.1, -0.05) is 6.07 Å². The van der Waals surface area contributed by atoms with E-state index in [1.54, 1.807) is 18.0 Å². The largest absolute Gasteiger partial charge is 0.493 e. The van der Waals surface area contributed by atoms with Crippen LogP contribution in [-0.2, 0) is 20.1 Å². The minimum absolute atomic E-state index is 0.120. The molecule has 5 heteroatoms. The van der Waals surface area contributed by atoms with Crippen LogP contribution in [0, 0.1) is 0 Å². The van der Waals surface area contributed by atoms with E-state index in [0.717, 1.165) is 29.0 Å². The molecule has 1 heterocycles. The first-order valence-electron chi connectivity index (χ1n) is 6.61. The standard InChI is InChI=1S/C15H21N3O2/c1-11(16)6-12-4-5-14(19-3)15(7-12)20-10-13-8-17-18(2)9-13/h4-5,7-9,11H,6,10,16H2,1-3H3. The number of benzene rings is 1. The Kier molecular flexibility index (Phi) is 4.63. The predicted molar refractivity (Wildman–Crippen MR) is 77.9 cm³/mol. The van der Waals surface area contributed by atoms with Crippen molar-refractivity contribution in [2.24, 2.45) is 12.8 Å². The third-order valence-corrected chi connectivity index (χ3v) is 2.94. The number of hydrogen-bond acceptors (Lipinski definition) is 4. The Bertz CT molecular complexity index is 564. The van der Waals surface area contributed by atoms with Crippen LogP contribution in [-0.4, -0.2) is 22.9 Å². The maximum absolute atomic E-state index is 5.83. The highest BCUT2D eigenvalue weighted by molar-refractivity contribution is 5.43. The van der Waals surface area contributed by atoms with Gasteiger partial charge >= 0.3 is 0 Å². The van der Waals surface area contributed by atoms with Crippen LogP contribution in [0.5, 0.6) is 11.5 Å². The molecule has 108 valence electrons. The van der Waals surface area contributed by atoms with Gasteiger partial charge in [-0.2, -0.15) is 5.10 Å². The Hall–Kier alpha value is -2.01. The van der Waals surface area contributed by atoms with Crippen molar-refractivity contribution in [3.05, 3.63) is 41.7 Å². The summed E-state index contributed by atoms with van der Waals surface area (Å²) >= 11 is 0. The third kappa shape index (κ3) is 3.74. The van der Waals surface area contributed by atoms with Gasteiger partial charge in [0.1, 0.15) is 6.61 Å². The molecular formula is C15H21N3O2. The zero-order valence-electron chi connectivity index (χ0n) is 12.2. The highest BCUT2D eigenvalue weighted by Crippen LogP contribution is 2.29. The summed E-state index contributed by atoms with van der Waals surface area (Å²) in [5, 5.41) is 4.12. The smallest absolute Gasteiger partial charge is 0.161 e. The van der Waals surface area contributed by atoms with Crippen molar-refractivity contribution in [3.63, 3.8) is 0 Å². The second-order valence-electron chi connectivity index (χ2n) is 4.98. The molecule has 1 unspecified atom stereocenters. The summed E-state index contributed by atoms with van der Waals surface area (Å²) in [5.74, 6) is 1.46. The predicted octanol–water partition coefficient (Wildman–Crippen LogP) is 1.90. The van der Waals surface area contributed by atoms with E-state index in [1.165, 1.54) is 0 Å². The van der Waals surface area contributed by atoms with Crippen LogP contribution in [0.2, 0.25) is 0 Å². The van der Waals surface area contributed by atoms with E-state index in [1.807, 2.05) is 38.4 Å². The molecule has 5 nitrogen and oxygen atoms in total. The lowest BCUT2D eigenvalue weighted by Gasteiger charge is -2.12. The van der Waals surface area contributed by atoms with Gasteiger partial charge in [-0.3, -0.25) is 4.68 Å². The summed E-state index contributed by atoms with van der Waals surface area (Å²) in [6.45, 7) is 2.45. The van der Waals surface area contributed by atoms with Crippen LogP contribution in [0.3, 0.4) is 0 Å². The fraction of sp³-hybridized carbons (Fsp3) is 0.400. The number of nitrogens with two attached hydrogens (primary N) is 1. The number of methoxy groups -OCH3 is 1. The number of nitrogens with zero attached hydrogens (tertiary/aromatic N) is 2. The van der Waals surface area contributed by atoms with Crippen molar-refractivity contribution < 1.29 is 9.47 Å². The van der Waals surface area contributed by atoms with Crippen molar-refractivity contribution in [1.29, 1.82) is 0 Å². The molecule has 0 radical (unpaired) electrons. The van der Waals surface area contributed by atoms with E-state index in [-0.39, 0.29) is 6.04 Å². The number of aromatic nitrogens is 2. The SMILES string of the molecule is COc1ccc(CC(C)N)cc1OCc1cnn(C)c1. The average Bonchev–Trinajstić information content (AvgIpc) is 2.82. The lowest BCUT2D eigenvalue weighted by molar-refractivity contribution is 0.284. The molecule has 0 fully saturated rings. The molecule has 2 N–H and O–H groups in total. The summed E-state index contributed by atoms with van der Waals surface area (Å²) in [7, 11) is 3.52. The zero-order valence-corrected chi connectivity index (χ0v) is 12.2. The Morgan fingerprint density at radius 3 is 2.70 bits per heavy atom. The van der Waals surface area contributed by atoms with Crippen LogP contribution >= 0.6 is 0 Å². The van der Waals surface area contributed by atoms with Crippen LogP contribution in [0.4, 0.5) is 0 Å². The van der Waals surface area contributed by atoms with Crippen molar-refractivity contribution >= 4 is 0 Å². The van der Waals surface area contributed by atoms with Crippen molar-refractivity contribution in [1.82, 2.24) is 9.78 Å². The molecule has 0 spiro atoms. The van der Waals surface area contributed by atoms with E-state index in [2.05, 4.69) is 5.10 Å². The summed E-state index contributed by atoms with van der Waals surface area (Å²) in [6.07, 6.45) is 4.53. The first-order valence-corrected chi connectivity index (χ1v) is 6.61. The molecule has 0 aliphatic carbocycles. The minimum atomic E-state index is 0.120. The molecular weight excluding hydrogens is 254 g/mol. The minimum Gasteiger partial charge on any atom is -0.493 e. The lowest BCUT2D eigenvalue weighted by Crippen LogP contribution is -2.17. The third-order valence-electron chi connectivity index (χ3n) is 2.94. The zero-order chi connectivity index (χ0) is 14.5. The molecule has 2 aromatic rings. The highest BCUT2D eigenvalue weighted by Gasteiger charge is 2.08. The first kappa shape index (κ1) is 14.4. The van der Waals surface area contributed by atoms with Gasteiger partial charge in [0.25, 0.3) is 0 Å². The Balaban J connectivity index is 2.11. The van der Waals surface area contributed by atoms with Crippen molar-refractivity contribution in [2.75, 3.05) is 7.11 Å². The van der Waals surface area contributed by atoms with Gasteiger partial charge in [0.2, 0.25) is 0 Å². The van der Waals surface area contributed by atoms with Crippen molar-refractivity contribution in [3.8, 4) is 11.5 Å². The maximum Gasteiger partial charge on any atom is 0.161 e. The molecule has 2 rings (SSSR count). The van der Waals surface area contributed by atoms with Gasteiger partial charge in [-0.15, -0.1) is 0 Å². The molecule has 0 bridgehead atoms. The Morgan fingerprint density at radius 2 is 2.10 bits per heavy atom. The van der Waals surface area contributed by atoms with E-state index in [0.29, 0.717) is 6.61 Å². The number of hydrogen-bond donors (Lipinski definition) is 1. The first-order chi connectivity index (χ1) is 9.58. The molecule has 0 aliphatic rings. The van der Waals surface area contributed by atoms with Gasteiger partial charge in [0.15, 0.2) is 11.5 Å². The molecule has 1 aromatic carbocycles. The summed E-state index contributed by atoms with van der Waals surface area (Å²) in [4.78, 5) is 0. The maximum atomic E-state index is 5.83. The van der Waals surface area contributed by atoms with Gasteiger partial charge in [0, 0.05) is 24.8 Å². The fourth-order valence-corrected chi connectivity index (χ4v) is 2.04. The Labute approximate surface area is 119 Å². The molecule has 0 amide bonds. The topological polar surface area (TPSA) is 62.3 Å². The van der Waals surface area contributed by atoms with Crippen LogP contribution in [0.15, 0.2) is 30.6 Å². The quantitative estimate of drug-likeness (QED) is 0.874. The number of aryl methyl sites for hydroxylation is 1. The second kappa shape index (κ2) is 6.43. The van der Waals surface area contributed by atoms with Crippen LogP contribution in [0.1, 0.15) is 18.1 Å². The molecule has 0 saturated heterocycles. The second-order valence-corrected chi connectivity index (χ2v) is 4.98. The Morgan fingerprint density at radius 1 is 1.30 bits per heavy atom. The fourth-order valence-electron chi connectivity index (χ4n) is 2.04. The molecule has 1 aromatic heterocycles. The summed E-state index contributed by atoms with van der Waals surface area (Å²) in [6, 6.07) is 6.03. The number of rotatable bonds is 6. The van der Waals surface area contributed by atoms with E-state index in [9.17, 15) is 0 Å².